The third-order valence-corrected chi connectivity index (χ3v) is 3.35. The van der Waals surface area contributed by atoms with Crippen LogP contribution in [0.1, 0.15) is 31.9 Å². The molecule has 0 aliphatic heterocycles. The minimum absolute atomic E-state index is 0.0378. The van der Waals surface area contributed by atoms with Crippen molar-refractivity contribution in [1.29, 1.82) is 0 Å². The summed E-state index contributed by atoms with van der Waals surface area (Å²) >= 11 is 0. The van der Waals surface area contributed by atoms with E-state index in [0.717, 1.165) is 17.4 Å². The van der Waals surface area contributed by atoms with Crippen LogP contribution in [0.4, 0.5) is 0 Å². The lowest BCUT2D eigenvalue weighted by molar-refractivity contribution is 0.407. The third kappa shape index (κ3) is 4.31. The van der Waals surface area contributed by atoms with Gasteiger partial charge in [0.15, 0.2) is 0 Å². The van der Waals surface area contributed by atoms with E-state index in [1.54, 1.807) is 7.11 Å². The molecule has 0 saturated carbocycles. The first-order valence-corrected chi connectivity index (χ1v) is 7.64. The topological polar surface area (TPSA) is 55.4 Å². The van der Waals surface area contributed by atoms with Crippen LogP contribution >= 0.6 is 0 Å². The number of rotatable bonds is 4. The second kappa shape index (κ2) is 5.28. The molecule has 0 bridgehead atoms. The summed E-state index contributed by atoms with van der Waals surface area (Å²) in [7, 11) is -1.60. The van der Waals surface area contributed by atoms with E-state index in [-0.39, 0.29) is 12.0 Å². The molecule has 0 aromatic heterocycles. The number of benzene rings is 1. The molecule has 5 heteroatoms. The smallest absolute Gasteiger partial charge is 0.209 e. The molecule has 0 amide bonds. The van der Waals surface area contributed by atoms with Crippen LogP contribution in [-0.4, -0.2) is 21.8 Å². The molecule has 0 aliphatic rings. The summed E-state index contributed by atoms with van der Waals surface area (Å²) in [6.45, 7) is 6.61. The molecule has 4 nitrogen and oxygen atoms in total. The largest absolute Gasteiger partial charge is 0.496 e. The molecule has 0 fully saturated rings. The summed E-state index contributed by atoms with van der Waals surface area (Å²) in [6.07, 6.45) is 1.14. The van der Waals surface area contributed by atoms with Crippen molar-refractivity contribution in [1.82, 2.24) is 4.72 Å². The van der Waals surface area contributed by atoms with Crippen molar-refractivity contribution < 1.29 is 13.2 Å². The summed E-state index contributed by atoms with van der Waals surface area (Å²) in [5.41, 5.74) is 2.02. The average molecular weight is 271 g/mol. The predicted octanol–water partition coefficient (Wildman–Crippen LogP) is 2.04. The van der Waals surface area contributed by atoms with Crippen LogP contribution in [0.3, 0.4) is 0 Å². The van der Waals surface area contributed by atoms with Crippen molar-refractivity contribution in [2.75, 3.05) is 13.4 Å². The van der Waals surface area contributed by atoms with Gasteiger partial charge in [0.25, 0.3) is 0 Å². The van der Waals surface area contributed by atoms with Crippen LogP contribution < -0.4 is 9.46 Å². The molecule has 0 unspecified atom stereocenters. The summed E-state index contributed by atoms with van der Waals surface area (Å²) in [6, 6.07) is 5.86. The van der Waals surface area contributed by atoms with Crippen molar-refractivity contribution in [3.05, 3.63) is 29.3 Å². The zero-order chi connectivity index (χ0) is 14.0. The standard InChI is InChI=1S/C13H21NO3S/c1-13(2,3)11-7-6-10(12(8-11)17-4)9-14-18(5,15)16/h6-8,14H,9H2,1-5H3. The van der Waals surface area contributed by atoms with Gasteiger partial charge in [-0.25, -0.2) is 13.1 Å². The molecule has 18 heavy (non-hydrogen) atoms. The lowest BCUT2D eigenvalue weighted by Gasteiger charge is -2.21. The van der Waals surface area contributed by atoms with Gasteiger partial charge in [-0.05, 0) is 17.0 Å². The Bertz CT molecular complexity index is 516. The Morgan fingerprint density at radius 2 is 1.89 bits per heavy atom. The Labute approximate surface area is 109 Å². The first kappa shape index (κ1) is 15.0. The van der Waals surface area contributed by atoms with Gasteiger partial charge < -0.3 is 4.74 Å². The number of hydrogen-bond donors (Lipinski definition) is 1. The van der Waals surface area contributed by atoms with Gasteiger partial charge in [-0.3, -0.25) is 0 Å². The minimum Gasteiger partial charge on any atom is -0.496 e. The van der Waals surface area contributed by atoms with E-state index in [2.05, 4.69) is 25.5 Å². The normalized spacial score (nSPS) is 12.5. The highest BCUT2D eigenvalue weighted by Crippen LogP contribution is 2.28. The van der Waals surface area contributed by atoms with Crippen LogP contribution in [-0.2, 0) is 22.0 Å². The van der Waals surface area contributed by atoms with Gasteiger partial charge in [-0.2, -0.15) is 0 Å². The molecule has 0 spiro atoms. The van der Waals surface area contributed by atoms with Gasteiger partial charge >= 0.3 is 0 Å². The second-order valence-corrected chi connectivity index (χ2v) is 7.20. The lowest BCUT2D eigenvalue weighted by atomic mass is 9.86. The summed E-state index contributed by atoms with van der Waals surface area (Å²) < 4.78 is 29.9. The van der Waals surface area contributed by atoms with Crippen molar-refractivity contribution in [2.45, 2.75) is 32.7 Å². The van der Waals surface area contributed by atoms with Crippen molar-refractivity contribution in [2.24, 2.45) is 0 Å². The summed E-state index contributed by atoms with van der Waals surface area (Å²) in [4.78, 5) is 0. The molecule has 0 saturated heterocycles. The van der Waals surface area contributed by atoms with E-state index in [0.29, 0.717) is 5.75 Å². The van der Waals surface area contributed by atoms with Gasteiger partial charge in [0.2, 0.25) is 10.0 Å². The van der Waals surface area contributed by atoms with Crippen LogP contribution in [0.5, 0.6) is 5.75 Å². The maximum absolute atomic E-state index is 11.1. The molecule has 0 radical (unpaired) electrons. The Hall–Kier alpha value is -1.07. The number of ether oxygens (including phenoxy) is 1. The Balaban J connectivity index is 3.01. The maximum Gasteiger partial charge on any atom is 0.209 e. The van der Waals surface area contributed by atoms with Gasteiger partial charge in [0.05, 0.1) is 13.4 Å². The summed E-state index contributed by atoms with van der Waals surface area (Å²) in [5, 5.41) is 0. The fraction of sp³-hybridized carbons (Fsp3) is 0.538. The first-order valence-electron chi connectivity index (χ1n) is 5.75. The number of nitrogens with one attached hydrogen (secondary N) is 1. The van der Waals surface area contributed by atoms with Crippen LogP contribution in [0.15, 0.2) is 18.2 Å². The molecular formula is C13H21NO3S. The molecular weight excluding hydrogens is 250 g/mol. The lowest BCUT2D eigenvalue weighted by Crippen LogP contribution is -2.21. The average Bonchev–Trinajstić information content (AvgIpc) is 2.23. The zero-order valence-electron chi connectivity index (χ0n) is 11.6. The van der Waals surface area contributed by atoms with Crippen molar-refractivity contribution in [3.8, 4) is 5.75 Å². The Morgan fingerprint density at radius 1 is 1.28 bits per heavy atom. The van der Waals surface area contributed by atoms with E-state index < -0.39 is 10.0 Å². The van der Waals surface area contributed by atoms with Crippen LogP contribution in [0, 0.1) is 0 Å². The van der Waals surface area contributed by atoms with Crippen molar-refractivity contribution in [3.63, 3.8) is 0 Å². The molecule has 1 aromatic carbocycles. The highest BCUT2D eigenvalue weighted by atomic mass is 32.2. The van der Waals surface area contributed by atoms with E-state index in [4.69, 9.17) is 4.74 Å². The monoisotopic (exact) mass is 271 g/mol. The maximum atomic E-state index is 11.1. The zero-order valence-corrected chi connectivity index (χ0v) is 12.4. The molecule has 0 heterocycles. The molecule has 0 aliphatic carbocycles. The Morgan fingerprint density at radius 3 is 2.33 bits per heavy atom. The second-order valence-electron chi connectivity index (χ2n) is 5.37. The quantitative estimate of drug-likeness (QED) is 0.911. The van der Waals surface area contributed by atoms with E-state index >= 15 is 0 Å². The number of methoxy groups -OCH3 is 1. The van der Waals surface area contributed by atoms with Gasteiger partial charge in [0, 0.05) is 12.1 Å². The molecule has 1 aromatic rings. The third-order valence-electron chi connectivity index (χ3n) is 2.68. The Kier molecular flexibility index (Phi) is 4.40. The fourth-order valence-corrected chi connectivity index (χ4v) is 1.98. The van der Waals surface area contributed by atoms with Gasteiger partial charge in [-0.15, -0.1) is 0 Å². The van der Waals surface area contributed by atoms with Crippen molar-refractivity contribution >= 4 is 10.0 Å². The molecule has 1 N–H and O–H groups in total. The van der Waals surface area contributed by atoms with Crippen LogP contribution in [0.2, 0.25) is 0 Å². The molecule has 1 rings (SSSR count). The van der Waals surface area contributed by atoms with E-state index in [9.17, 15) is 8.42 Å². The van der Waals surface area contributed by atoms with Gasteiger partial charge in [-0.1, -0.05) is 32.9 Å². The van der Waals surface area contributed by atoms with E-state index in [1.165, 1.54) is 0 Å². The SMILES string of the molecule is COc1cc(C(C)(C)C)ccc1CNS(C)(=O)=O. The van der Waals surface area contributed by atoms with Crippen LogP contribution in [0.25, 0.3) is 0 Å². The highest BCUT2D eigenvalue weighted by molar-refractivity contribution is 7.88. The van der Waals surface area contributed by atoms with Gasteiger partial charge in [0.1, 0.15) is 5.75 Å². The number of hydrogen-bond acceptors (Lipinski definition) is 3. The first-order chi connectivity index (χ1) is 8.13. The highest BCUT2D eigenvalue weighted by Gasteiger charge is 2.16. The predicted molar refractivity (Wildman–Crippen MR) is 73.4 cm³/mol. The fourth-order valence-electron chi connectivity index (χ4n) is 1.57. The molecule has 102 valence electrons. The number of sulfonamides is 1. The summed E-state index contributed by atoms with van der Waals surface area (Å²) in [5.74, 6) is 0.707. The molecule has 0 atom stereocenters. The minimum atomic E-state index is -3.19. The van der Waals surface area contributed by atoms with E-state index in [1.807, 2.05) is 18.2 Å².